The Bertz CT molecular complexity index is 677. The average Bonchev–Trinajstić information content (AvgIpc) is 2.54. The molecule has 0 saturated carbocycles. The van der Waals surface area contributed by atoms with E-state index in [1.54, 1.807) is 24.4 Å². The summed E-state index contributed by atoms with van der Waals surface area (Å²) in [7, 11) is 0. The van der Waals surface area contributed by atoms with Crippen LogP contribution in [0.5, 0.6) is 5.75 Å². The van der Waals surface area contributed by atoms with Gasteiger partial charge in [-0.15, -0.1) is 0 Å². The maximum atomic E-state index is 14.1. The lowest BCUT2D eigenvalue weighted by Gasteiger charge is -2.14. The minimum Gasteiger partial charge on any atom is -0.484 e. The van der Waals surface area contributed by atoms with Gasteiger partial charge < -0.3 is 15.8 Å². The lowest BCUT2D eigenvalue weighted by Crippen LogP contribution is -2.36. The molecule has 5 nitrogen and oxygen atoms in total. The highest BCUT2D eigenvalue weighted by Gasteiger charge is 2.16. The second-order valence-corrected chi connectivity index (χ2v) is 5.98. The summed E-state index contributed by atoms with van der Waals surface area (Å²) >= 11 is 0. The number of rotatable bonds is 7. The molecule has 6 heteroatoms. The Labute approximate surface area is 141 Å². The summed E-state index contributed by atoms with van der Waals surface area (Å²) in [6.45, 7) is 4.14. The number of nitrogens with zero attached hydrogens (tertiary/aromatic N) is 1. The third-order valence-corrected chi connectivity index (χ3v) is 3.36. The quantitative estimate of drug-likeness (QED) is 0.817. The smallest absolute Gasteiger partial charge is 0.241 e. The van der Waals surface area contributed by atoms with Crippen molar-refractivity contribution in [2.75, 3.05) is 5.32 Å². The predicted octanol–water partition coefficient (Wildman–Crippen LogP) is 3.11. The van der Waals surface area contributed by atoms with Crippen molar-refractivity contribution >= 4 is 11.6 Å². The van der Waals surface area contributed by atoms with Crippen LogP contribution in [0.2, 0.25) is 0 Å². The van der Waals surface area contributed by atoms with Gasteiger partial charge in [0.25, 0.3) is 0 Å². The monoisotopic (exact) mass is 331 g/mol. The van der Waals surface area contributed by atoms with Crippen LogP contribution >= 0.6 is 0 Å². The molecule has 0 bridgehead atoms. The van der Waals surface area contributed by atoms with E-state index < -0.39 is 11.9 Å². The summed E-state index contributed by atoms with van der Waals surface area (Å²) in [4.78, 5) is 16.1. The maximum Gasteiger partial charge on any atom is 0.241 e. The fraction of sp³-hybridized carbons (Fsp3) is 0.333. The van der Waals surface area contributed by atoms with E-state index in [2.05, 4.69) is 10.3 Å². The van der Waals surface area contributed by atoms with E-state index in [1.165, 1.54) is 12.1 Å². The summed E-state index contributed by atoms with van der Waals surface area (Å²) in [5, 5.41) is 2.62. The van der Waals surface area contributed by atoms with Gasteiger partial charge in [-0.1, -0.05) is 19.9 Å². The van der Waals surface area contributed by atoms with Crippen LogP contribution in [0.15, 0.2) is 42.6 Å². The second-order valence-electron chi connectivity index (χ2n) is 5.98. The molecule has 1 amide bonds. The maximum absolute atomic E-state index is 14.1. The minimum absolute atomic E-state index is 0.102. The molecule has 0 saturated heterocycles. The topological polar surface area (TPSA) is 77.2 Å². The Morgan fingerprint density at radius 3 is 2.75 bits per heavy atom. The van der Waals surface area contributed by atoms with Gasteiger partial charge in [0.2, 0.25) is 5.91 Å². The first-order chi connectivity index (χ1) is 11.5. The van der Waals surface area contributed by atoms with Gasteiger partial charge in [-0.05, 0) is 36.6 Å². The molecule has 1 aromatic carbocycles. The van der Waals surface area contributed by atoms with Crippen LogP contribution in [0.3, 0.4) is 0 Å². The first-order valence-corrected chi connectivity index (χ1v) is 7.84. The van der Waals surface area contributed by atoms with Crippen molar-refractivity contribution in [3.8, 4) is 5.75 Å². The van der Waals surface area contributed by atoms with E-state index in [4.69, 9.17) is 10.5 Å². The van der Waals surface area contributed by atoms with Gasteiger partial charge in [0.05, 0.1) is 11.7 Å². The lowest BCUT2D eigenvalue weighted by atomic mass is 10.0. The van der Waals surface area contributed by atoms with Crippen molar-refractivity contribution in [1.29, 1.82) is 0 Å². The molecular weight excluding hydrogens is 309 g/mol. The number of nitrogens with one attached hydrogen (secondary N) is 1. The third-order valence-electron chi connectivity index (χ3n) is 3.36. The second kappa shape index (κ2) is 8.40. The van der Waals surface area contributed by atoms with Crippen LogP contribution < -0.4 is 15.8 Å². The van der Waals surface area contributed by atoms with Crippen LogP contribution in [0.1, 0.15) is 26.0 Å². The molecule has 0 spiro atoms. The van der Waals surface area contributed by atoms with Gasteiger partial charge in [0.1, 0.15) is 6.61 Å². The average molecular weight is 331 g/mol. The van der Waals surface area contributed by atoms with Gasteiger partial charge in [-0.2, -0.15) is 0 Å². The molecule has 2 aromatic rings. The van der Waals surface area contributed by atoms with Crippen LogP contribution in [0.25, 0.3) is 0 Å². The Hall–Kier alpha value is -2.47. The van der Waals surface area contributed by atoms with Crippen molar-refractivity contribution in [3.05, 3.63) is 54.1 Å². The first-order valence-electron chi connectivity index (χ1n) is 7.84. The lowest BCUT2D eigenvalue weighted by molar-refractivity contribution is -0.117. The van der Waals surface area contributed by atoms with Crippen LogP contribution in [0, 0.1) is 11.7 Å². The fourth-order valence-corrected chi connectivity index (χ4v) is 2.18. The van der Waals surface area contributed by atoms with Crippen LogP contribution in [-0.4, -0.2) is 16.9 Å². The zero-order valence-electron chi connectivity index (χ0n) is 13.8. The highest BCUT2D eigenvalue weighted by Crippen LogP contribution is 2.22. The molecule has 1 heterocycles. The van der Waals surface area contributed by atoms with E-state index in [-0.39, 0.29) is 18.3 Å². The molecule has 1 atom stereocenters. The summed E-state index contributed by atoms with van der Waals surface area (Å²) in [6.07, 6.45) is 2.22. The molecule has 0 aliphatic rings. The van der Waals surface area contributed by atoms with Gasteiger partial charge in [0.15, 0.2) is 11.6 Å². The number of halogens is 1. The van der Waals surface area contributed by atoms with Crippen molar-refractivity contribution in [2.24, 2.45) is 11.7 Å². The Kier molecular flexibility index (Phi) is 6.26. The normalized spacial score (nSPS) is 12.0. The highest BCUT2D eigenvalue weighted by molar-refractivity contribution is 5.94. The first kappa shape index (κ1) is 17.9. The highest BCUT2D eigenvalue weighted by atomic mass is 19.1. The van der Waals surface area contributed by atoms with Gasteiger partial charge in [-0.25, -0.2) is 4.39 Å². The number of nitrogens with two attached hydrogens (primary N) is 1. The van der Waals surface area contributed by atoms with Gasteiger partial charge in [0, 0.05) is 18.0 Å². The Morgan fingerprint density at radius 1 is 1.33 bits per heavy atom. The number of carbonyl (C=O) groups is 1. The Morgan fingerprint density at radius 2 is 2.12 bits per heavy atom. The van der Waals surface area contributed by atoms with E-state index in [0.717, 1.165) is 0 Å². The van der Waals surface area contributed by atoms with E-state index in [9.17, 15) is 9.18 Å². The van der Waals surface area contributed by atoms with Crippen LogP contribution in [0.4, 0.5) is 10.1 Å². The summed E-state index contributed by atoms with van der Waals surface area (Å²) < 4.78 is 19.5. The molecule has 1 aromatic heterocycles. The number of aromatic nitrogens is 1. The number of ether oxygens (including phenoxy) is 1. The minimum atomic E-state index is -0.617. The molecule has 0 fully saturated rings. The number of pyridine rings is 1. The van der Waals surface area contributed by atoms with E-state index in [0.29, 0.717) is 23.7 Å². The Balaban J connectivity index is 1.95. The molecule has 3 N–H and O–H groups in total. The SMILES string of the molecule is CC(C)C[C@H](N)C(=O)Nc1ccc(OCc2ccccn2)c(F)c1. The van der Waals surface area contributed by atoms with Crippen LogP contribution in [-0.2, 0) is 11.4 Å². The van der Waals surface area contributed by atoms with Gasteiger partial charge >= 0.3 is 0 Å². The standard InChI is InChI=1S/C18H22FN3O2/c1-12(2)9-16(20)18(23)22-13-6-7-17(15(19)10-13)24-11-14-5-3-4-8-21-14/h3-8,10,12,16H,9,11,20H2,1-2H3,(H,22,23)/t16-/m0/s1. The van der Waals surface area contributed by atoms with Crippen molar-refractivity contribution in [1.82, 2.24) is 4.98 Å². The molecule has 128 valence electrons. The number of hydrogen-bond donors (Lipinski definition) is 2. The third kappa shape index (κ3) is 5.31. The van der Waals surface area contributed by atoms with Crippen molar-refractivity contribution in [3.63, 3.8) is 0 Å². The molecule has 0 aliphatic carbocycles. The number of hydrogen-bond acceptors (Lipinski definition) is 4. The molecule has 2 rings (SSSR count). The molecule has 0 radical (unpaired) electrons. The predicted molar refractivity (Wildman–Crippen MR) is 91.0 cm³/mol. The molecule has 0 aliphatic heterocycles. The number of carbonyl (C=O) groups excluding carboxylic acids is 1. The van der Waals surface area contributed by atoms with E-state index in [1.807, 2.05) is 19.9 Å². The van der Waals surface area contributed by atoms with Crippen molar-refractivity contribution < 1.29 is 13.9 Å². The largest absolute Gasteiger partial charge is 0.484 e. The fourth-order valence-electron chi connectivity index (χ4n) is 2.18. The summed E-state index contributed by atoms with van der Waals surface area (Å²) in [6, 6.07) is 9.08. The van der Waals surface area contributed by atoms with E-state index >= 15 is 0 Å². The van der Waals surface area contributed by atoms with Crippen molar-refractivity contribution in [2.45, 2.75) is 32.9 Å². The number of benzene rings is 1. The zero-order valence-corrected chi connectivity index (χ0v) is 13.8. The number of amides is 1. The summed E-state index contributed by atoms with van der Waals surface area (Å²) in [5.74, 6) is -0.471. The number of anilines is 1. The molecular formula is C18H22FN3O2. The zero-order chi connectivity index (χ0) is 17.5. The van der Waals surface area contributed by atoms with Gasteiger partial charge in [-0.3, -0.25) is 9.78 Å². The molecule has 24 heavy (non-hydrogen) atoms. The molecule has 0 unspecified atom stereocenters. The summed E-state index contributed by atoms with van der Waals surface area (Å²) in [5.41, 5.74) is 6.86.